The Morgan fingerprint density at radius 3 is 2.15 bits per heavy atom. The number of carbonyl (C=O) groups excluding carboxylic acids is 1. The van der Waals surface area contributed by atoms with Crippen LogP contribution in [0.4, 0.5) is 11.6 Å². The third kappa shape index (κ3) is 5.39. The summed E-state index contributed by atoms with van der Waals surface area (Å²) in [7, 11) is -4.19. The molecule has 27 heavy (non-hydrogen) atoms. The molecule has 9 nitrogen and oxygen atoms in total. The average Bonchev–Trinajstić information content (AvgIpc) is 3.03. The molecule has 0 unspecified atom stereocenters. The van der Waals surface area contributed by atoms with Crippen molar-refractivity contribution in [1.29, 1.82) is 0 Å². The second-order valence-corrected chi connectivity index (χ2v) is 7.35. The molecule has 0 atom stereocenters. The molecule has 0 amide bonds. The Labute approximate surface area is 165 Å². The van der Waals surface area contributed by atoms with Crippen LogP contribution in [0, 0.1) is 0 Å². The van der Waals surface area contributed by atoms with Crippen LogP contribution < -0.4 is 15.4 Å². The third-order valence-electron chi connectivity index (χ3n) is 2.96. The summed E-state index contributed by atoms with van der Waals surface area (Å²) in [5.74, 6) is -0.912. The van der Waals surface area contributed by atoms with Gasteiger partial charge in [-0.1, -0.05) is 35.3 Å². The number of aromatic nitrogens is 4. The van der Waals surface area contributed by atoms with E-state index < -0.39 is 21.1 Å². The first kappa shape index (κ1) is 20.6. The number of anilines is 2. The van der Waals surface area contributed by atoms with Crippen LogP contribution >= 0.6 is 23.2 Å². The number of rotatable bonds is 3. The lowest BCUT2D eigenvalue weighted by molar-refractivity contribution is -0.377. The zero-order chi connectivity index (χ0) is 20.0. The highest BCUT2D eigenvalue weighted by Gasteiger charge is 2.24. The van der Waals surface area contributed by atoms with E-state index in [0.29, 0.717) is 4.68 Å². The maximum atomic E-state index is 12.2. The highest BCUT2D eigenvalue weighted by Crippen LogP contribution is 2.31. The molecule has 2 heterocycles. The van der Waals surface area contributed by atoms with E-state index in [0.717, 1.165) is 0 Å². The average molecular weight is 430 g/mol. The van der Waals surface area contributed by atoms with Crippen LogP contribution in [-0.4, -0.2) is 29.1 Å². The summed E-state index contributed by atoms with van der Waals surface area (Å²) in [5.41, 5.74) is 5.40. The topological polar surface area (TPSA) is 134 Å². The minimum atomic E-state index is -4.19. The molecule has 0 fully saturated rings. The normalized spacial score (nSPS) is 10.6. The highest BCUT2D eigenvalue weighted by atomic mass is 35.5. The zero-order valence-electron chi connectivity index (χ0n) is 13.9. The van der Waals surface area contributed by atoms with Crippen molar-refractivity contribution in [2.45, 2.75) is 12.1 Å². The lowest BCUT2D eigenvalue weighted by Gasteiger charge is -2.08. The van der Waals surface area contributed by atoms with Gasteiger partial charge >= 0.3 is 0 Å². The molecule has 0 saturated heterocycles. The van der Waals surface area contributed by atoms with E-state index in [9.17, 15) is 13.2 Å². The van der Waals surface area contributed by atoms with Gasteiger partial charge in [-0.2, -0.15) is 18.1 Å². The van der Waals surface area contributed by atoms with Crippen LogP contribution in [0.5, 0.6) is 0 Å². The summed E-state index contributed by atoms with van der Waals surface area (Å²) in [6.45, 7) is 1.17. The molecule has 0 saturated carbocycles. The van der Waals surface area contributed by atoms with Crippen LogP contribution in [0.25, 0.3) is 0 Å². The van der Waals surface area contributed by atoms with Crippen LogP contribution in [-0.2, 0) is 10.0 Å². The number of para-hydroxylation sites is 1. The molecule has 142 valence electrons. The summed E-state index contributed by atoms with van der Waals surface area (Å²) in [4.78, 5) is 17.6. The first-order valence-corrected chi connectivity index (χ1v) is 9.57. The standard InChI is InChI=1S/C10H9Cl2N5O3S.C5H5N/c1-5(18)17-9(13)14-10(15-17)21(19,20)16-8-6(11)3-2-4-7(8)12;1-2-4-6-5-3-1/h2-4,16H,1H3,(H2,13,14,15);1-5H/p+1. The number of nitrogens with zero attached hydrogens (tertiary/aromatic N) is 3. The number of pyridine rings is 1. The van der Waals surface area contributed by atoms with Crippen molar-refractivity contribution in [3.63, 3.8) is 0 Å². The van der Waals surface area contributed by atoms with E-state index >= 15 is 0 Å². The van der Waals surface area contributed by atoms with Crippen LogP contribution in [0.1, 0.15) is 11.7 Å². The van der Waals surface area contributed by atoms with Crippen LogP contribution in [0.3, 0.4) is 0 Å². The molecule has 0 aliphatic rings. The van der Waals surface area contributed by atoms with Gasteiger partial charge in [-0.3, -0.25) is 9.52 Å². The van der Waals surface area contributed by atoms with E-state index in [1.807, 2.05) is 30.6 Å². The molecule has 3 rings (SSSR count). The number of hydrogen-bond donors (Lipinski definition) is 2. The fourth-order valence-corrected chi connectivity index (χ4v) is 3.35. The number of aromatic amines is 1. The van der Waals surface area contributed by atoms with E-state index in [-0.39, 0.29) is 21.7 Å². The largest absolute Gasteiger partial charge is 0.368 e. The molecule has 0 spiro atoms. The fourth-order valence-electron chi connectivity index (χ4n) is 1.77. The number of carbonyl (C=O) groups is 1. The molecule has 4 N–H and O–H groups in total. The molecular formula is C15H15Cl2N6O3S+. The maximum Gasteiger partial charge on any atom is 0.299 e. The van der Waals surface area contributed by atoms with E-state index in [1.54, 1.807) is 6.07 Å². The quantitative estimate of drug-likeness (QED) is 0.654. The number of nitrogens with one attached hydrogen (secondary N) is 2. The maximum absolute atomic E-state index is 12.2. The zero-order valence-corrected chi connectivity index (χ0v) is 16.3. The van der Waals surface area contributed by atoms with Crippen molar-refractivity contribution in [3.8, 4) is 0 Å². The second-order valence-electron chi connectivity index (χ2n) is 4.96. The summed E-state index contributed by atoms with van der Waals surface area (Å²) in [6.07, 6.45) is 3.75. The van der Waals surface area contributed by atoms with Gasteiger partial charge in [0, 0.05) is 19.1 Å². The Balaban J connectivity index is 0.000000369. The number of halogens is 2. The molecular weight excluding hydrogens is 415 g/mol. The SMILES string of the molecule is CC(=O)n1nc(S(=O)(=O)Nc2c(Cl)cccc2Cl)nc1N.c1cc[nH+]cc1. The van der Waals surface area contributed by atoms with Crippen molar-refractivity contribution in [3.05, 3.63) is 58.8 Å². The molecule has 3 aromatic rings. The van der Waals surface area contributed by atoms with Gasteiger partial charge in [-0.15, -0.1) is 5.10 Å². The second kappa shape index (κ2) is 8.80. The Morgan fingerprint density at radius 2 is 1.74 bits per heavy atom. The number of nitrogens with two attached hydrogens (primary N) is 1. The predicted octanol–water partition coefficient (Wildman–Crippen LogP) is 2.13. The van der Waals surface area contributed by atoms with Gasteiger partial charge in [0.1, 0.15) is 0 Å². The molecule has 0 radical (unpaired) electrons. The smallest absolute Gasteiger partial charge is 0.299 e. The predicted molar refractivity (Wildman–Crippen MR) is 101 cm³/mol. The van der Waals surface area contributed by atoms with Gasteiger partial charge in [0.05, 0.1) is 15.7 Å². The minimum absolute atomic E-state index is 0.0152. The lowest BCUT2D eigenvalue weighted by Crippen LogP contribution is -2.16. The number of benzene rings is 1. The van der Waals surface area contributed by atoms with Gasteiger partial charge in [0.2, 0.25) is 11.9 Å². The fraction of sp³-hybridized carbons (Fsp3) is 0.0667. The number of nitrogen functional groups attached to an aromatic ring is 1. The summed E-state index contributed by atoms with van der Waals surface area (Å²) < 4.78 is 27.1. The first-order valence-electron chi connectivity index (χ1n) is 7.34. The van der Waals surface area contributed by atoms with Crippen molar-refractivity contribution in [2.75, 3.05) is 10.5 Å². The van der Waals surface area contributed by atoms with Gasteiger partial charge in [-0.05, 0) is 12.1 Å². The van der Waals surface area contributed by atoms with Crippen LogP contribution in [0.2, 0.25) is 10.0 Å². The molecule has 0 aliphatic carbocycles. The van der Waals surface area contributed by atoms with Crippen molar-refractivity contribution in [1.82, 2.24) is 14.8 Å². The van der Waals surface area contributed by atoms with Gasteiger partial charge in [0.25, 0.3) is 15.2 Å². The third-order valence-corrected chi connectivity index (χ3v) is 4.71. The Morgan fingerprint density at radius 1 is 1.15 bits per heavy atom. The number of hydrogen-bond acceptors (Lipinski definition) is 6. The number of H-pyrrole nitrogens is 1. The molecule has 1 aromatic carbocycles. The Hall–Kier alpha value is -2.69. The molecule has 12 heteroatoms. The van der Waals surface area contributed by atoms with Crippen LogP contribution in [0.15, 0.2) is 53.9 Å². The summed E-state index contributed by atoms with van der Waals surface area (Å²) in [5, 5.41) is 3.07. The van der Waals surface area contributed by atoms with E-state index in [2.05, 4.69) is 19.8 Å². The monoisotopic (exact) mass is 429 g/mol. The van der Waals surface area contributed by atoms with Crippen molar-refractivity contribution in [2.24, 2.45) is 0 Å². The van der Waals surface area contributed by atoms with E-state index in [1.165, 1.54) is 19.1 Å². The summed E-state index contributed by atoms with van der Waals surface area (Å²) >= 11 is 11.7. The highest BCUT2D eigenvalue weighted by molar-refractivity contribution is 7.92. The molecule has 0 aliphatic heterocycles. The first-order chi connectivity index (χ1) is 12.7. The van der Waals surface area contributed by atoms with Crippen molar-refractivity contribution < 1.29 is 18.2 Å². The van der Waals surface area contributed by atoms with Gasteiger partial charge in [-0.25, -0.2) is 4.98 Å². The molecule has 2 aromatic heterocycles. The van der Waals surface area contributed by atoms with Crippen molar-refractivity contribution >= 4 is 50.8 Å². The van der Waals surface area contributed by atoms with Gasteiger partial charge < -0.3 is 5.73 Å². The minimum Gasteiger partial charge on any atom is -0.368 e. The number of sulfonamides is 1. The Bertz CT molecular complexity index is 994. The summed E-state index contributed by atoms with van der Waals surface area (Å²) in [6, 6.07) is 10.3. The van der Waals surface area contributed by atoms with Gasteiger partial charge in [0.15, 0.2) is 12.4 Å². The Kier molecular flexibility index (Phi) is 6.72. The molecule has 0 bridgehead atoms. The van der Waals surface area contributed by atoms with E-state index in [4.69, 9.17) is 28.9 Å². The lowest BCUT2D eigenvalue weighted by atomic mass is 10.3.